The summed E-state index contributed by atoms with van der Waals surface area (Å²) in [5.74, 6) is 2.68. The molecule has 70 valence electrons. The van der Waals surface area contributed by atoms with Gasteiger partial charge in [-0.2, -0.15) is 0 Å². The van der Waals surface area contributed by atoms with Crippen LogP contribution in [0.4, 0.5) is 0 Å². The zero-order valence-electron chi connectivity index (χ0n) is 7.47. The lowest BCUT2D eigenvalue weighted by molar-refractivity contribution is 0.0340. The number of allylic oxidation sites excluding steroid dienone is 2. The second-order valence-electron chi connectivity index (χ2n) is 5.05. The molecule has 1 aliphatic heterocycles. The maximum Gasteiger partial charge on any atom is 0.110 e. The first-order valence-corrected chi connectivity index (χ1v) is 5.36. The molecule has 1 saturated heterocycles. The van der Waals surface area contributed by atoms with Gasteiger partial charge in [0.1, 0.15) is 6.10 Å². The first-order valence-electron chi connectivity index (χ1n) is 5.36. The average Bonchev–Trinajstić information content (AvgIpc) is 2.64. The fourth-order valence-electron chi connectivity index (χ4n) is 3.94. The largest absolute Gasteiger partial charge is 0.390 e. The van der Waals surface area contributed by atoms with Crippen LogP contribution in [-0.2, 0) is 4.74 Å². The first-order chi connectivity index (χ1) is 6.34. The average molecular weight is 178 g/mol. The van der Waals surface area contributed by atoms with Gasteiger partial charge in [0.05, 0.1) is 12.2 Å². The predicted molar refractivity (Wildman–Crippen MR) is 47.0 cm³/mol. The van der Waals surface area contributed by atoms with Gasteiger partial charge in [0.2, 0.25) is 0 Å². The number of aliphatic hydroxyl groups excluding tert-OH is 1. The normalized spacial score (nSPS) is 66.4. The van der Waals surface area contributed by atoms with Crippen LogP contribution in [0.3, 0.4) is 0 Å². The summed E-state index contributed by atoms with van der Waals surface area (Å²) in [6.07, 6.45) is 7.63. The molecular weight excluding hydrogens is 164 g/mol. The highest BCUT2D eigenvalue weighted by Gasteiger charge is 2.60. The van der Waals surface area contributed by atoms with Crippen LogP contribution < -0.4 is 0 Å². The van der Waals surface area contributed by atoms with Gasteiger partial charge in [-0.3, -0.25) is 0 Å². The number of fused-ring (bicyclic) bond motifs is 6. The maximum atomic E-state index is 10.1. The molecule has 0 unspecified atom stereocenters. The Morgan fingerprint density at radius 2 is 2.00 bits per heavy atom. The molecule has 1 N–H and O–H groups in total. The molecule has 2 saturated carbocycles. The van der Waals surface area contributed by atoms with E-state index in [9.17, 15) is 5.11 Å². The van der Waals surface area contributed by atoms with Crippen molar-refractivity contribution in [3.05, 3.63) is 12.2 Å². The van der Waals surface area contributed by atoms with Crippen LogP contribution in [-0.4, -0.2) is 23.4 Å². The van der Waals surface area contributed by atoms with Crippen LogP contribution in [0.5, 0.6) is 0 Å². The van der Waals surface area contributed by atoms with Crippen LogP contribution in [0.25, 0.3) is 0 Å². The standard InChI is InChI=1S/C11H14O2/c12-10-9-6-2-1-5(3-6)7(9)4-8-11(10)13-8/h1-2,5-12H,3-4H2/t5-,6+,7-,8+,9+,10+,11+/m0/s1. The van der Waals surface area contributed by atoms with Crippen molar-refractivity contribution in [2.75, 3.05) is 0 Å². The Bertz CT molecular complexity index is 286. The summed E-state index contributed by atoms with van der Waals surface area (Å²) < 4.78 is 5.47. The number of hydrogen-bond acceptors (Lipinski definition) is 2. The van der Waals surface area contributed by atoms with Crippen molar-refractivity contribution in [1.82, 2.24) is 0 Å². The van der Waals surface area contributed by atoms with Crippen LogP contribution in [0.1, 0.15) is 12.8 Å². The zero-order chi connectivity index (χ0) is 8.58. The highest BCUT2D eigenvalue weighted by molar-refractivity contribution is 5.19. The number of hydrogen-bond donors (Lipinski definition) is 1. The molecule has 0 spiro atoms. The van der Waals surface area contributed by atoms with Crippen molar-refractivity contribution in [1.29, 1.82) is 0 Å². The van der Waals surface area contributed by atoms with Crippen molar-refractivity contribution >= 4 is 0 Å². The molecule has 2 heteroatoms. The van der Waals surface area contributed by atoms with E-state index in [1.54, 1.807) is 0 Å². The Morgan fingerprint density at radius 3 is 2.92 bits per heavy atom. The van der Waals surface area contributed by atoms with E-state index in [-0.39, 0.29) is 12.2 Å². The molecule has 0 aromatic carbocycles. The highest BCUT2D eigenvalue weighted by Crippen LogP contribution is 2.57. The Balaban J connectivity index is 1.74. The van der Waals surface area contributed by atoms with Crippen LogP contribution >= 0.6 is 0 Å². The van der Waals surface area contributed by atoms with Crippen molar-refractivity contribution < 1.29 is 9.84 Å². The molecular formula is C11H14O2. The summed E-state index contributed by atoms with van der Waals surface area (Å²) in [5, 5.41) is 10.1. The lowest BCUT2D eigenvalue weighted by Gasteiger charge is -2.33. The summed E-state index contributed by atoms with van der Waals surface area (Å²) >= 11 is 0. The lowest BCUT2D eigenvalue weighted by atomic mass is 9.72. The molecule has 7 atom stereocenters. The summed E-state index contributed by atoms with van der Waals surface area (Å²) in [6.45, 7) is 0. The first kappa shape index (κ1) is 7.02. The Labute approximate surface area is 77.6 Å². The van der Waals surface area contributed by atoms with Gasteiger partial charge in [-0.1, -0.05) is 12.2 Å². The Kier molecular flexibility index (Phi) is 1.09. The predicted octanol–water partition coefficient (Wildman–Crippen LogP) is 0.957. The minimum absolute atomic E-state index is 0.163. The number of epoxide rings is 1. The van der Waals surface area contributed by atoms with Gasteiger partial charge in [-0.25, -0.2) is 0 Å². The topological polar surface area (TPSA) is 32.8 Å². The van der Waals surface area contributed by atoms with E-state index >= 15 is 0 Å². The SMILES string of the molecule is O[C@H]1[C@@H]2O[C@@H]2C[C@@H]2[C@H]1[C@@H]1C=C[C@H]2C1. The van der Waals surface area contributed by atoms with Gasteiger partial charge >= 0.3 is 0 Å². The fraction of sp³-hybridized carbons (Fsp3) is 0.818. The second-order valence-corrected chi connectivity index (χ2v) is 5.05. The monoisotopic (exact) mass is 178 g/mol. The van der Waals surface area contributed by atoms with E-state index in [4.69, 9.17) is 4.74 Å². The van der Waals surface area contributed by atoms with Gasteiger partial charge < -0.3 is 9.84 Å². The zero-order valence-corrected chi connectivity index (χ0v) is 7.47. The van der Waals surface area contributed by atoms with Crippen molar-refractivity contribution in [2.45, 2.75) is 31.2 Å². The van der Waals surface area contributed by atoms with E-state index < -0.39 is 0 Å². The maximum absolute atomic E-state index is 10.1. The number of aliphatic hydroxyl groups is 1. The van der Waals surface area contributed by atoms with Gasteiger partial charge in [-0.15, -0.1) is 0 Å². The summed E-state index contributed by atoms with van der Waals surface area (Å²) in [4.78, 5) is 0. The van der Waals surface area contributed by atoms with Crippen molar-refractivity contribution in [3.63, 3.8) is 0 Å². The number of ether oxygens (including phenoxy) is 1. The van der Waals surface area contributed by atoms with Crippen molar-refractivity contribution in [3.8, 4) is 0 Å². The molecule has 1 heterocycles. The van der Waals surface area contributed by atoms with E-state index in [1.165, 1.54) is 12.8 Å². The summed E-state index contributed by atoms with van der Waals surface area (Å²) in [6, 6.07) is 0. The summed E-state index contributed by atoms with van der Waals surface area (Å²) in [7, 11) is 0. The third-order valence-corrected chi connectivity index (χ3v) is 4.55. The molecule has 0 amide bonds. The molecule has 2 nitrogen and oxygen atoms in total. The molecule has 4 aliphatic rings. The van der Waals surface area contributed by atoms with Crippen LogP contribution in [0.15, 0.2) is 12.2 Å². The van der Waals surface area contributed by atoms with Gasteiger partial charge in [0.15, 0.2) is 0 Å². The van der Waals surface area contributed by atoms with E-state index in [2.05, 4.69) is 12.2 Å². The molecule has 13 heavy (non-hydrogen) atoms. The van der Waals surface area contributed by atoms with Gasteiger partial charge in [0, 0.05) is 0 Å². The van der Waals surface area contributed by atoms with Crippen LogP contribution in [0.2, 0.25) is 0 Å². The van der Waals surface area contributed by atoms with Gasteiger partial charge in [-0.05, 0) is 36.5 Å². The Hall–Kier alpha value is -0.340. The third kappa shape index (κ3) is 0.728. The summed E-state index contributed by atoms with van der Waals surface area (Å²) in [5.41, 5.74) is 0. The molecule has 3 fully saturated rings. The fourth-order valence-corrected chi connectivity index (χ4v) is 3.94. The quantitative estimate of drug-likeness (QED) is 0.442. The Morgan fingerprint density at radius 1 is 1.15 bits per heavy atom. The minimum Gasteiger partial charge on any atom is -0.390 e. The van der Waals surface area contributed by atoms with E-state index in [0.29, 0.717) is 17.9 Å². The molecule has 0 aromatic rings. The minimum atomic E-state index is -0.163. The van der Waals surface area contributed by atoms with E-state index in [0.717, 1.165) is 11.8 Å². The molecule has 3 aliphatic carbocycles. The molecule has 4 rings (SSSR count). The van der Waals surface area contributed by atoms with Gasteiger partial charge in [0.25, 0.3) is 0 Å². The molecule has 0 aromatic heterocycles. The lowest BCUT2D eigenvalue weighted by Crippen LogP contribution is -2.40. The smallest absolute Gasteiger partial charge is 0.110 e. The van der Waals surface area contributed by atoms with Crippen molar-refractivity contribution in [2.24, 2.45) is 23.7 Å². The number of rotatable bonds is 0. The van der Waals surface area contributed by atoms with E-state index in [1.807, 2.05) is 0 Å². The molecule has 0 radical (unpaired) electrons. The molecule has 2 bridgehead atoms. The van der Waals surface area contributed by atoms with Crippen LogP contribution in [0, 0.1) is 23.7 Å². The highest BCUT2D eigenvalue weighted by atomic mass is 16.6. The third-order valence-electron chi connectivity index (χ3n) is 4.55. The second kappa shape index (κ2) is 2.01.